The maximum Gasteiger partial charge on any atom is 0.472 e. The number of hydrogen-bond acceptors (Lipinski definition) is 3. The van der Waals surface area contributed by atoms with Gasteiger partial charge in [0.1, 0.15) is 0 Å². The quantitative estimate of drug-likeness (QED) is 0.0898. The molecule has 5 nitrogen and oxygen atoms in total. The Labute approximate surface area is 199 Å². The zero-order valence-corrected chi connectivity index (χ0v) is 22.3. The minimum atomic E-state index is -3.93. The number of nitrogens with zero attached hydrogens (tertiary/aromatic N) is 1. The fraction of sp³-hybridized carbons (Fsp3) is 0.923. The Morgan fingerprint density at radius 2 is 1.41 bits per heavy atom. The molecule has 0 saturated carbocycles. The molecule has 0 amide bonds. The van der Waals surface area contributed by atoms with Crippen LogP contribution in [0.4, 0.5) is 0 Å². The van der Waals surface area contributed by atoms with Crippen molar-refractivity contribution in [3.63, 3.8) is 0 Å². The number of likely N-dealkylation sites (tertiary alicyclic amines) is 1. The maximum absolute atomic E-state index is 12.2. The summed E-state index contributed by atoms with van der Waals surface area (Å²) in [6.07, 6.45) is 24.7. The molecule has 1 aliphatic rings. The molecule has 1 rings (SSSR count). The van der Waals surface area contributed by atoms with Crippen molar-refractivity contribution in [2.24, 2.45) is 0 Å². The first-order valence-electron chi connectivity index (χ1n) is 13.5. The van der Waals surface area contributed by atoms with Gasteiger partial charge in [0.15, 0.2) is 0 Å². The zero-order chi connectivity index (χ0) is 23.5. The van der Waals surface area contributed by atoms with Crippen molar-refractivity contribution in [3.8, 4) is 0 Å². The van der Waals surface area contributed by atoms with Gasteiger partial charge in [0, 0.05) is 6.42 Å². The first-order chi connectivity index (χ1) is 15.3. The summed E-state index contributed by atoms with van der Waals surface area (Å²) in [4.78, 5) is 10.0. The Morgan fingerprint density at radius 1 is 0.844 bits per heavy atom. The van der Waals surface area contributed by atoms with E-state index in [1.807, 2.05) is 0 Å². The molecule has 6 heteroatoms. The van der Waals surface area contributed by atoms with Gasteiger partial charge in [0.2, 0.25) is 0 Å². The predicted octanol–water partition coefficient (Wildman–Crippen LogP) is 7.79. The molecule has 32 heavy (non-hydrogen) atoms. The van der Waals surface area contributed by atoms with Crippen LogP contribution in [0.1, 0.15) is 116 Å². The molecule has 1 aliphatic heterocycles. The molecule has 0 aliphatic carbocycles. The Kier molecular flexibility index (Phi) is 17.0. The molecule has 1 fully saturated rings. The summed E-state index contributed by atoms with van der Waals surface area (Å²) in [6, 6.07) is 0. The molecule has 0 radical (unpaired) electrons. The molecule has 0 bridgehead atoms. The number of phosphoric acid groups is 1. The van der Waals surface area contributed by atoms with E-state index in [1.165, 1.54) is 70.6 Å². The molecule has 0 aromatic rings. The van der Waals surface area contributed by atoms with E-state index in [2.05, 4.69) is 33.2 Å². The van der Waals surface area contributed by atoms with Crippen molar-refractivity contribution in [1.82, 2.24) is 0 Å². The van der Waals surface area contributed by atoms with Crippen LogP contribution in [0.3, 0.4) is 0 Å². The third kappa shape index (κ3) is 17.3. The van der Waals surface area contributed by atoms with Gasteiger partial charge in [-0.15, -0.1) is 0 Å². The van der Waals surface area contributed by atoms with Crippen LogP contribution in [-0.2, 0) is 13.6 Å². The number of allylic oxidation sites excluding steroid dienone is 2. The Hall–Kier alpha value is -0.190. The molecule has 190 valence electrons. The standard InChI is InChI=1S/C26H52NO4P/c1-4-5-6-7-8-9-10-11-12-13-14-15-16-17-18-19-25-30-32(28,29)31-26-21-20-23-27(2,3)24-22-26/h11-12,26H,4-10,13-25H2,1-3H3/p+1/b12-11-. The van der Waals surface area contributed by atoms with E-state index in [4.69, 9.17) is 9.05 Å². The molecule has 0 spiro atoms. The minimum Gasteiger partial charge on any atom is -0.328 e. The van der Waals surface area contributed by atoms with Crippen molar-refractivity contribution in [1.29, 1.82) is 0 Å². The number of hydrogen-bond donors (Lipinski definition) is 1. The highest BCUT2D eigenvalue weighted by molar-refractivity contribution is 7.47. The van der Waals surface area contributed by atoms with Crippen LogP contribution in [0.2, 0.25) is 0 Å². The fourth-order valence-electron chi connectivity index (χ4n) is 4.35. The van der Waals surface area contributed by atoms with Crippen LogP contribution in [0.25, 0.3) is 0 Å². The lowest BCUT2D eigenvalue weighted by atomic mass is 10.1. The van der Waals surface area contributed by atoms with E-state index < -0.39 is 7.82 Å². The van der Waals surface area contributed by atoms with Gasteiger partial charge in [0.05, 0.1) is 39.9 Å². The van der Waals surface area contributed by atoms with Crippen molar-refractivity contribution < 1.29 is 23.0 Å². The molecule has 0 aromatic heterocycles. The second-order valence-electron chi connectivity index (χ2n) is 10.3. The van der Waals surface area contributed by atoms with Gasteiger partial charge in [-0.2, -0.15) is 0 Å². The summed E-state index contributed by atoms with van der Waals surface area (Å²) in [6.45, 7) is 4.64. The molecule has 2 unspecified atom stereocenters. The van der Waals surface area contributed by atoms with Gasteiger partial charge in [-0.1, -0.05) is 76.9 Å². The summed E-state index contributed by atoms with van der Waals surface area (Å²) in [5.41, 5.74) is 0. The van der Waals surface area contributed by atoms with E-state index in [0.717, 1.165) is 56.1 Å². The van der Waals surface area contributed by atoms with Crippen LogP contribution in [0.15, 0.2) is 12.2 Å². The highest BCUT2D eigenvalue weighted by Gasteiger charge is 2.30. The average Bonchev–Trinajstić information content (AvgIpc) is 2.90. The number of phosphoric ester groups is 1. The smallest absolute Gasteiger partial charge is 0.328 e. The molecular formula is C26H53NO4P+. The van der Waals surface area contributed by atoms with Crippen LogP contribution >= 0.6 is 7.82 Å². The molecule has 2 atom stereocenters. The second-order valence-corrected chi connectivity index (χ2v) is 11.7. The van der Waals surface area contributed by atoms with E-state index in [0.29, 0.717) is 6.61 Å². The summed E-state index contributed by atoms with van der Waals surface area (Å²) in [7, 11) is 0.473. The SMILES string of the molecule is CCCCCCCC/C=C\CCCCCCCCOP(=O)(O)OC1CCC[N+](C)(C)CC1. The minimum absolute atomic E-state index is 0.162. The monoisotopic (exact) mass is 474 g/mol. The van der Waals surface area contributed by atoms with Crippen molar-refractivity contribution in [3.05, 3.63) is 12.2 Å². The summed E-state index contributed by atoms with van der Waals surface area (Å²) in [5, 5.41) is 0. The van der Waals surface area contributed by atoms with Gasteiger partial charge >= 0.3 is 7.82 Å². The highest BCUT2D eigenvalue weighted by atomic mass is 31.2. The molecule has 1 N–H and O–H groups in total. The molecular weight excluding hydrogens is 421 g/mol. The number of unbranched alkanes of at least 4 members (excludes halogenated alkanes) is 12. The van der Waals surface area contributed by atoms with E-state index in [1.54, 1.807) is 0 Å². The zero-order valence-electron chi connectivity index (χ0n) is 21.4. The lowest BCUT2D eigenvalue weighted by Gasteiger charge is -2.27. The number of quaternary nitrogens is 1. The number of rotatable bonds is 19. The Morgan fingerprint density at radius 3 is 2.03 bits per heavy atom. The van der Waals surface area contributed by atoms with E-state index >= 15 is 0 Å². The van der Waals surface area contributed by atoms with Crippen LogP contribution < -0.4 is 0 Å². The molecule has 1 heterocycles. The lowest BCUT2D eigenvalue weighted by molar-refractivity contribution is -0.889. The average molecular weight is 475 g/mol. The summed E-state index contributed by atoms with van der Waals surface area (Å²) >= 11 is 0. The third-order valence-electron chi connectivity index (χ3n) is 6.54. The van der Waals surface area contributed by atoms with Gasteiger partial charge in [0.25, 0.3) is 0 Å². The highest BCUT2D eigenvalue weighted by Crippen LogP contribution is 2.46. The summed E-state index contributed by atoms with van der Waals surface area (Å²) < 4.78 is 23.8. The Balaban J connectivity index is 1.91. The normalized spacial score (nSPS) is 20.9. The molecule has 0 aromatic carbocycles. The van der Waals surface area contributed by atoms with Gasteiger partial charge in [-0.05, 0) is 44.9 Å². The first kappa shape index (κ1) is 29.8. The van der Waals surface area contributed by atoms with Crippen LogP contribution in [0, 0.1) is 0 Å². The van der Waals surface area contributed by atoms with Gasteiger partial charge in [-0.3, -0.25) is 9.05 Å². The van der Waals surface area contributed by atoms with Crippen LogP contribution in [-0.4, -0.2) is 49.3 Å². The topological polar surface area (TPSA) is 55.8 Å². The summed E-state index contributed by atoms with van der Waals surface area (Å²) in [5.74, 6) is 0. The van der Waals surface area contributed by atoms with Gasteiger partial charge in [-0.25, -0.2) is 4.57 Å². The molecule has 1 saturated heterocycles. The Bertz CT molecular complexity index is 524. The van der Waals surface area contributed by atoms with Crippen molar-refractivity contribution >= 4 is 7.82 Å². The van der Waals surface area contributed by atoms with Crippen molar-refractivity contribution in [2.45, 2.75) is 122 Å². The van der Waals surface area contributed by atoms with Crippen LogP contribution in [0.5, 0.6) is 0 Å². The third-order valence-corrected chi connectivity index (χ3v) is 7.61. The first-order valence-corrected chi connectivity index (χ1v) is 15.0. The second kappa shape index (κ2) is 18.2. The van der Waals surface area contributed by atoms with Gasteiger partial charge < -0.3 is 9.38 Å². The fourth-order valence-corrected chi connectivity index (χ4v) is 5.36. The van der Waals surface area contributed by atoms with E-state index in [9.17, 15) is 9.46 Å². The predicted molar refractivity (Wildman–Crippen MR) is 136 cm³/mol. The van der Waals surface area contributed by atoms with E-state index in [-0.39, 0.29) is 6.10 Å². The maximum atomic E-state index is 12.2. The van der Waals surface area contributed by atoms with Crippen molar-refractivity contribution in [2.75, 3.05) is 33.8 Å². The largest absolute Gasteiger partial charge is 0.472 e. The lowest BCUT2D eigenvalue weighted by Crippen LogP contribution is -2.40.